The van der Waals surface area contributed by atoms with Crippen molar-refractivity contribution in [2.45, 2.75) is 6.92 Å². The second kappa shape index (κ2) is 4.96. The van der Waals surface area contributed by atoms with Crippen LogP contribution in [0.15, 0.2) is 35.9 Å². The number of carbonyl (C=O) groups excluding carboxylic acids is 1. The molecule has 0 aliphatic rings. The fourth-order valence-corrected chi connectivity index (χ4v) is 1.82. The molecular weight excluding hydrogens is 244 g/mol. The molecule has 0 saturated heterocycles. The number of rotatable bonds is 3. The maximum absolute atomic E-state index is 10.7. The van der Waals surface area contributed by atoms with E-state index in [9.17, 15) is 9.90 Å². The van der Waals surface area contributed by atoms with E-state index in [1.54, 1.807) is 6.92 Å². The van der Waals surface area contributed by atoms with Gasteiger partial charge in [-0.25, -0.2) is 0 Å². The minimum absolute atomic E-state index is 0.288. The molecule has 0 bridgehead atoms. The molecule has 2 nitrogen and oxygen atoms in total. The van der Waals surface area contributed by atoms with Crippen LogP contribution in [0.1, 0.15) is 12.5 Å². The van der Waals surface area contributed by atoms with Gasteiger partial charge in [-0.3, -0.25) is 0 Å². The predicted octanol–water partition coefficient (Wildman–Crippen LogP) is 1.60. The van der Waals surface area contributed by atoms with Crippen LogP contribution < -0.4 is 5.11 Å². The summed E-state index contributed by atoms with van der Waals surface area (Å²) in [5.74, 6) is -1.12. The van der Waals surface area contributed by atoms with E-state index in [0.717, 1.165) is 11.1 Å². The van der Waals surface area contributed by atoms with Gasteiger partial charge in [0.25, 0.3) is 0 Å². The molecule has 3 heteroatoms. The van der Waals surface area contributed by atoms with E-state index in [4.69, 9.17) is 0 Å². The number of allylic oxidation sites excluding steroid dienone is 1. The number of hydrogen-bond acceptors (Lipinski definition) is 2. The Bertz CT molecular complexity index is 355. The number of hydrogen-bond donors (Lipinski definition) is 0. The van der Waals surface area contributed by atoms with E-state index >= 15 is 0 Å². The lowest BCUT2D eigenvalue weighted by Crippen LogP contribution is -2.25. The van der Waals surface area contributed by atoms with Crippen LogP contribution in [0.5, 0.6) is 0 Å². The van der Waals surface area contributed by atoms with Crippen molar-refractivity contribution in [1.82, 2.24) is 0 Å². The molecule has 0 radical (unpaired) electrons. The van der Waals surface area contributed by atoms with Gasteiger partial charge in [-0.05, 0) is 23.6 Å². The van der Waals surface area contributed by atoms with Gasteiger partial charge in [0.15, 0.2) is 0 Å². The standard InChI is InChI=1S/C11H11BrO2/c1-8(10(7-12)11(13)14)9-5-3-2-4-6-9/h2-6H,7H2,1H3,(H,13,14)/p-1/b10-8+. The van der Waals surface area contributed by atoms with Crippen molar-refractivity contribution >= 4 is 27.5 Å². The van der Waals surface area contributed by atoms with Gasteiger partial charge in [0.1, 0.15) is 0 Å². The molecule has 0 unspecified atom stereocenters. The van der Waals surface area contributed by atoms with Crippen LogP contribution in [0.2, 0.25) is 0 Å². The van der Waals surface area contributed by atoms with Gasteiger partial charge in [0.2, 0.25) is 0 Å². The third-order valence-corrected chi connectivity index (χ3v) is 2.60. The quantitative estimate of drug-likeness (QED) is 0.607. The van der Waals surface area contributed by atoms with E-state index in [-0.39, 0.29) is 5.57 Å². The molecule has 0 N–H and O–H groups in total. The second-order valence-corrected chi connectivity index (χ2v) is 3.45. The number of aliphatic carboxylic acids is 1. The van der Waals surface area contributed by atoms with Gasteiger partial charge in [-0.1, -0.05) is 46.3 Å². The van der Waals surface area contributed by atoms with Gasteiger partial charge in [0.05, 0.1) is 5.97 Å². The van der Waals surface area contributed by atoms with Crippen LogP contribution in [0, 0.1) is 0 Å². The molecule has 0 aliphatic heterocycles. The Balaban J connectivity index is 3.15. The highest BCUT2D eigenvalue weighted by molar-refractivity contribution is 9.09. The van der Waals surface area contributed by atoms with E-state index < -0.39 is 5.97 Å². The average molecular weight is 254 g/mol. The molecule has 1 aromatic rings. The van der Waals surface area contributed by atoms with Crippen LogP contribution in [0.3, 0.4) is 0 Å². The molecule has 0 aliphatic carbocycles. The molecule has 0 amide bonds. The Labute approximate surface area is 91.4 Å². The highest BCUT2D eigenvalue weighted by atomic mass is 79.9. The average Bonchev–Trinajstić information content (AvgIpc) is 2.19. The largest absolute Gasteiger partial charge is 0.545 e. The normalized spacial score (nSPS) is 12.1. The van der Waals surface area contributed by atoms with Gasteiger partial charge < -0.3 is 9.90 Å². The first-order chi connectivity index (χ1) is 6.66. The summed E-state index contributed by atoms with van der Waals surface area (Å²) in [6.07, 6.45) is 0. The molecule has 0 fully saturated rings. The van der Waals surface area contributed by atoms with Crippen molar-refractivity contribution in [3.8, 4) is 0 Å². The fourth-order valence-electron chi connectivity index (χ4n) is 1.17. The van der Waals surface area contributed by atoms with Crippen molar-refractivity contribution in [3.63, 3.8) is 0 Å². The summed E-state index contributed by atoms with van der Waals surface area (Å²) < 4.78 is 0. The first-order valence-electron chi connectivity index (χ1n) is 4.19. The van der Waals surface area contributed by atoms with E-state index in [1.165, 1.54) is 0 Å². The van der Waals surface area contributed by atoms with Crippen LogP contribution in [-0.2, 0) is 4.79 Å². The molecule has 1 aromatic carbocycles. The smallest absolute Gasteiger partial charge is 0.0686 e. The zero-order chi connectivity index (χ0) is 10.6. The van der Waals surface area contributed by atoms with Gasteiger partial charge in [-0.2, -0.15) is 0 Å². The van der Waals surface area contributed by atoms with Crippen molar-refractivity contribution < 1.29 is 9.90 Å². The van der Waals surface area contributed by atoms with Crippen molar-refractivity contribution in [3.05, 3.63) is 41.5 Å². The first kappa shape index (κ1) is 11.0. The van der Waals surface area contributed by atoms with Crippen LogP contribution in [0.4, 0.5) is 0 Å². The molecule has 0 heterocycles. The van der Waals surface area contributed by atoms with Gasteiger partial charge >= 0.3 is 0 Å². The zero-order valence-corrected chi connectivity index (χ0v) is 9.37. The summed E-state index contributed by atoms with van der Waals surface area (Å²) in [6, 6.07) is 9.39. The van der Waals surface area contributed by atoms with E-state index in [1.807, 2.05) is 30.3 Å². The highest BCUT2D eigenvalue weighted by Crippen LogP contribution is 2.18. The summed E-state index contributed by atoms with van der Waals surface area (Å²) >= 11 is 3.14. The summed E-state index contributed by atoms with van der Waals surface area (Å²) in [4.78, 5) is 10.7. The predicted molar refractivity (Wildman–Crippen MR) is 57.8 cm³/mol. The Kier molecular flexibility index (Phi) is 3.89. The van der Waals surface area contributed by atoms with Crippen molar-refractivity contribution in [2.24, 2.45) is 0 Å². The number of carbonyl (C=O) groups is 1. The van der Waals surface area contributed by atoms with Crippen LogP contribution in [0.25, 0.3) is 5.57 Å². The van der Waals surface area contributed by atoms with Crippen molar-refractivity contribution in [1.29, 1.82) is 0 Å². The second-order valence-electron chi connectivity index (χ2n) is 2.89. The Hall–Kier alpha value is -1.09. The monoisotopic (exact) mass is 253 g/mol. The van der Waals surface area contributed by atoms with E-state index in [2.05, 4.69) is 15.9 Å². The number of halogens is 1. The van der Waals surface area contributed by atoms with E-state index in [0.29, 0.717) is 5.33 Å². The van der Waals surface area contributed by atoms with Gasteiger partial charge in [0, 0.05) is 5.33 Å². The SMILES string of the molecule is C/C(=C(/CBr)C(=O)[O-])c1ccccc1. The third kappa shape index (κ3) is 2.45. The summed E-state index contributed by atoms with van der Waals surface area (Å²) in [6.45, 7) is 1.78. The summed E-state index contributed by atoms with van der Waals surface area (Å²) in [7, 11) is 0. The summed E-state index contributed by atoms with van der Waals surface area (Å²) in [5.41, 5.74) is 1.94. The topological polar surface area (TPSA) is 40.1 Å². The molecule has 14 heavy (non-hydrogen) atoms. The zero-order valence-electron chi connectivity index (χ0n) is 7.79. The lowest BCUT2D eigenvalue weighted by atomic mass is 10.0. The fraction of sp³-hybridized carbons (Fsp3) is 0.182. The number of alkyl halides is 1. The Morgan fingerprint density at radius 2 is 1.93 bits per heavy atom. The maximum Gasteiger partial charge on any atom is 0.0686 e. The molecule has 1 rings (SSSR count). The number of benzene rings is 1. The number of carboxylic acids is 1. The lowest BCUT2D eigenvalue weighted by molar-refractivity contribution is -0.299. The third-order valence-electron chi connectivity index (χ3n) is 2.04. The molecular formula is C11H10BrO2-. The Morgan fingerprint density at radius 3 is 2.36 bits per heavy atom. The number of carboxylic acid groups (broad SMARTS) is 1. The highest BCUT2D eigenvalue weighted by Gasteiger charge is 2.03. The maximum atomic E-state index is 10.7. The minimum Gasteiger partial charge on any atom is -0.545 e. The molecule has 0 atom stereocenters. The van der Waals surface area contributed by atoms with Crippen molar-refractivity contribution in [2.75, 3.05) is 5.33 Å². The van der Waals surface area contributed by atoms with Crippen LogP contribution >= 0.6 is 15.9 Å². The summed E-state index contributed by atoms with van der Waals surface area (Å²) in [5, 5.41) is 11.0. The molecule has 0 spiro atoms. The Morgan fingerprint density at radius 1 is 1.36 bits per heavy atom. The molecule has 0 aromatic heterocycles. The minimum atomic E-state index is -1.12. The first-order valence-corrected chi connectivity index (χ1v) is 5.31. The molecule has 0 saturated carbocycles. The van der Waals surface area contributed by atoms with Crippen LogP contribution in [-0.4, -0.2) is 11.3 Å². The van der Waals surface area contributed by atoms with Gasteiger partial charge in [-0.15, -0.1) is 0 Å². The lowest BCUT2D eigenvalue weighted by Gasteiger charge is -2.10. The molecule has 74 valence electrons.